The Bertz CT molecular complexity index is 1070. The lowest BCUT2D eigenvalue weighted by Gasteiger charge is -2.13. The maximum absolute atomic E-state index is 12.7. The molecule has 136 valence electrons. The van der Waals surface area contributed by atoms with E-state index in [2.05, 4.69) is 14.7 Å². The number of aryl methyl sites for hydroxylation is 1. The van der Waals surface area contributed by atoms with Gasteiger partial charge in [-0.05, 0) is 36.7 Å². The van der Waals surface area contributed by atoms with Gasteiger partial charge in [0.15, 0.2) is 17.3 Å². The van der Waals surface area contributed by atoms with E-state index in [9.17, 15) is 8.42 Å². The number of hydrogen-bond acceptors (Lipinski definition) is 6. The topological polar surface area (TPSA) is 90.4 Å². The lowest BCUT2D eigenvalue weighted by atomic mass is 10.2. The number of rotatable bonds is 5. The first-order valence-electron chi connectivity index (χ1n) is 7.53. The highest BCUT2D eigenvalue weighted by atomic mass is 35.5. The van der Waals surface area contributed by atoms with Gasteiger partial charge in [0.25, 0.3) is 10.0 Å². The molecule has 1 heterocycles. The second-order valence-corrected chi connectivity index (χ2v) is 7.50. The van der Waals surface area contributed by atoms with Crippen LogP contribution in [-0.4, -0.2) is 32.6 Å². The summed E-state index contributed by atoms with van der Waals surface area (Å²) in [5.41, 5.74) is 1.38. The van der Waals surface area contributed by atoms with E-state index in [1.165, 1.54) is 26.4 Å². The predicted molar refractivity (Wildman–Crippen MR) is 99.6 cm³/mol. The summed E-state index contributed by atoms with van der Waals surface area (Å²) in [5.74, 6) is 0.922. The summed E-state index contributed by atoms with van der Waals surface area (Å²) in [7, 11) is -0.868. The maximum atomic E-state index is 12.7. The molecule has 26 heavy (non-hydrogen) atoms. The first kappa shape index (κ1) is 18.2. The molecule has 0 spiro atoms. The van der Waals surface area contributed by atoms with Gasteiger partial charge in [-0.15, -0.1) is 0 Å². The highest BCUT2D eigenvalue weighted by molar-refractivity contribution is 7.92. The third kappa shape index (κ3) is 3.51. The number of fused-ring (bicyclic) bond motifs is 1. The van der Waals surface area contributed by atoms with E-state index in [1.54, 1.807) is 24.3 Å². The number of benzene rings is 2. The number of ether oxygens (including phenoxy) is 2. The number of methoxy groups -OCH3 is 2. The largest absolute Gasteiger partial charge is 0.493 e. The monoisotopic (exact) mass is 393 g/mol. The molecule has 0 fully saturated rings. The molecule has 1 aromatic heterocycles. The number of aromatic nitrogens is 2. The molecule has 3 rings (SSSR count). The Kier molecular flexibility index (Phi) is 4.88. The first-order chi connectivity index (χ1) is 12.3. The van der Waals surface area contributed by atoms with Crippen LogP contribution in [0.2, 0.25) is 5.28 Å². The Labute approximate surface area is 156 Å². The van der Waals surface area contributed by atoms with Crippen molar-refractivity contribution in [3.8, 4) is 11.5 Å². The van der Waals surface area contributed by atoms with Crippen LogP contribution in [0.5, 0.6) is 11.5 Å². The van der Waals surface area contributed by atoms with Gasteiger partial charge in [-0.1, -0.05) is 17.7 Å². The van der Waals surface area contributed by atoms with Crippen molar-refractivity contribution < 1.29 is 17.9 Å². The van der Waals surface area contributed by atoms with E-state index in [0.717, 1.165) is 5.56 Å². The van der Waals surface area contributed by atoms with E-state index in [0.29, 0.717) is 22.4 Å². The van der Waals surface area contributed by atoms with Crippen molar-refractivity contribution in [1.82, 2.24) is 9.97 Å². The molecule has 9 heteroatoms. The van der Waals surface area contributed by atoms with Gasteiger partial charge in [0.1, 0.15) is 0 Å². The van der Waals surface area contributed by atoms with Crippen molar-refractivity contribution in [3.05, 3.63) is 47.2 Å². The van der Waals surface area contributed by atoms with Crippen LogP contribution in [0.4, 0.5) is 5.82 Å². The van der Waals surface area contributed by atoms with Gasteiger partial charge in [-0.3, -0.25) is 4.72 Å². The van der Waals surface area contributed by atoms with E-state index >= 15 is 0 Å². The zero-order chi connectivity index (χ0) is 18.9. The molecule has 0 amide bonds. The molecule has 0 radical (unpaired) electrons. The Hall–Kier alpha value is -2.58. The molecule has 0 atom stereocenters. The number of sulfonamides is 1. The number of nitrogens with one attached hydrogen (secondary N) is 1. The van der Waals surface area contributed by atoms with Crippen LogP contribution < -0.4 is 14.2 Å². The van der Waals surface area contributed by atoms with Crippen molar-refractivity contribution in [3.63, 3.8) is 0 Å². The molecule has 0 aliphatic heterocycles. The minimum Gasteiger partial charge on any atom is -0.493 e. The summed E-state index contributed by atoms with van der Waals surface area (Å²) >= 11 is 5.96. The van der Waals surface area contributed by atoms with E-state index in [1.807, 2.05) is 6.92 Å². The van der Waals surface area contributed by atoms with Gasteiger partial charge < -0.3 is 9.47 Å². The van der Waals surface area contributed by atoms with Crippen LogP contribution in [0.15, 0.2) is 41.3 Å². The molecular weight excluding hydrogens is 378 g/mol. The average Bonchev–Trinajstić information content (AvgIpc) is 2.60. The summed E-state index contributed by atoms with van der Waals surface area (Å²) in [5, 5.41) is 0.342. The second kappa shape index (κ2) is 6.97. The van der Waals surface area contributed by atoms with Crippen molar-refractivity contribution in [2.45, 2.75) is 11.8 Å². The van der Waals surface area contributed by atoms with E-state index in [4.69, 9.17) is 21.1 Å². The molecular formula is C17H16ClN3O4S. The summed E-state index contributed by atoms with van der Waals surface area (Å²) in [6.07, 6.45) is 0. The minimum atomic E-state index is -3.84. The van der Waals surface area contributed by atoms with Crippen LogP contribution in [0.1, 0.15) is 5.56 Å². The second-order valence-electron chi connectivity index (χ2n) is 5.48. The zero-order valence-electron chi connectivity index (χ0n) is 14.3. The summed E-state index contributed by atoms with van der Waals surface area (Å²) in [6, 6.07) is 9.67. The van der Waals surface area contributed by atoms with E-state index in [-0.39, 0.29) is 16.0 Å². The van der Waals surface area contributed by atoms with Crippen molar-refractivity contribution in [2.75, 3.05) is 18.9 Å². The van der Waals surface area contributed by atoms with Crippen LogP contribution >= 0.6 is 11.6 Å². The van der Waals surface area contributed by atoms with Gasteiger partial charge in [0.2, 0.25) is 5.28 Å². The molecule has 1 N–H and O–H groups in total. The summed E-state index contributed by atoms with van der Waals surface area (Å²) < 4.78 is 38.3. The van der Waals surface area contributed by atoms with Gasteiger partial charge in [0, 0.05) is 11.5 Å². The van der Waals surface area contributed by atoms with Crippen molar-refractivity contribution >= 4 is 38.3 Å². The molecule has 0 saturated carbocycles. The van der Waals surface area contributed by atoms with Crippen molar-refractivity contribution in [1.29, 1.82) is 0 Å². The lowest BCUT2D eigenvalue weighted by Crippen LogP contribution is -2.14. The molecule has 7 nitrogen and oxygen atoms in total. The van der Waals surface area contributed by atoms with E-state index < -0.39 is 10.0 Å². The third-order valence-electron chi connectivity index (χ3n) is 3.74. The van der Waals surface area contributed by atoms with Crippen LogP contribution in [0.25, 0.3) is 10.9 Å². The summed E-state index contributed by atoms with van der Waals surface area (Å²) in [6.45, 7) is 1.88. The normalized spacial score (nSPS) is 11.4. The molecule has 0 aliphatic rings. The quantitative estimate of drug-likeness (QED) is 0.668. The Morgan fingerprint density at radius 2 is 1.62 bits per heavy atom. The fourth-order valence-electron chi connectivity index (χ4n) is 2.41. The molecule has 0 bridgehead atoms. The van der Waals surface area contributed by atoms with Gasteiger partial charge in [0.05, 0.1) is 24.6 Å². The van der Waals surface area contributed by atoms with Crippen LogP contribution in [0.3, 0.4) is 0 Å². The molecule has 0 saturated heterocycles. The highest BCUT2D eigenvalue weighted by Gasteiger charge is 2.19. The molecule has 0 aliphatic carbocycles. The fraction of sp³-hybridized carbons (Fsp3) is 0.176. The smallest absolute Gasteiger partial charge is 0.263 e. The number of halogens is 1. The Morgan fingerprint density at radius 3 is 2.23 bits per heavy atom. The number of nitrogens with zero attached hydrogens (tertiary/aromatic N) is 2. The summed E-state index contributed by atoms with van der Waals surface area (Å²) in [4.78, 5) is 8.26. The Balaban J connectivity index is 2.13. The highest BCUT2D eigenvalue weighted by Crippen LogP contribution is 2.35. The number of hydrogen-bond donors (Lipinski definition) is 1. The van der Waals surface area contributed by atoms with Gasteiger partial charge >= 0.3 is 0 Å². The standard InChI is InChI=1S/C17H16ClN3O4S/c1-10-4-6-11(7-5-10)26(22,23)21-16-12-8-14(24-2)15(25-3)9-13(12)19-17(18)20-16/h4-9H,1-3H3,(H,19,20,21). The molecule has 2 aromatic carbocycles. The van der Waals surface area contributed by atoms with Gasteiger partial charge in [-0.2, -0.15) is 4.98 Å². The molecule has 0 unspecified atom stereocenters. The SMILES string of the molecule is COc1cc2nc(Cl)nc(NS(=O)(=O)c3ccc(C)cc3)c2cc1OC. The van der Waals surface area contributed by atoms with Gasteiger partial charge in [-0.25, -0.2) is 13.4 Å². The maximum Gasteiger partial charge on any atom is 0.263 e. The third-order valence-corrected chi connectivity index (χ3v) is 5.26. The van der Waals surface area contributed by atoms with Crippen molar-refractivity contribution in [2.24, 2.45) is 0 Å². The number of anilines is 1. The van der Waals surface area contributed by atoms with Crippen LogP contribution in [0, 0.1) is 6.92 Å². The minimum absolute atomic E-state index is 0.0570. The first-order valence-corrected chi connectivity index (χ1v) is 9.39. The average molecular weight is 394 g/mol. The zero-order valence-corrected chi connectivity index (χ0v) is 15.9. The Morgan fingerprint density at radius 1 is 1.00 bits per heavy atom. The fourth-order valence-corrected chi connectivity index (χ4v) is 3.61. The molecule has 3 aromatic rings. The predicted octanol–water partition coefficient (Wildman–Crippen LogP) is 3.41. The lowest BCUT2D eigenvalue weighted by molar-refractivity contribution is 0.356. The van der Waals surface area contributed by atoms with Crippen LogP contribution in [-0.2, 0) is 10.0 Å².